The van der Waals surface area contributed by atoms with Crippen molar-refractivity contribution in [3.63, 3.8) is 0 Å². The molecule has 25 heavy (non-hydrogen) atoms. The van der Waals surface area contributed by atoms with Gasteiger partial charge < -0.3 is 19.9 Å². The smallest absolute Gasteiger partial charge is 0.406 e. The van der Waals surface area contributed by atoms with E-state index in [-0.39, 0.29) is 12.2 Å². The number of methoxy groups -OCH3 is 1. The van der Waals surface area contributed by atoms with Crippen LogP contribution in [0.2, 0.25) is 0 Å². The number of rotatable bonds is 5. The number of hydrogen-bond acceptors (Lipinski definition) is 4. The summed E-state index contributed by atoms with van der Waals surface area (Å²) in [6.07, 6.45) is -2.02. The minimum atomic E-state index is -4.54. The lowest BCUT2D eigenvalue weighted by Gasteiger charge is -2.12. The van der Waals surface area contributed by atoms with E-state index in [0.29, 0.717) is 16.0 Å². The van der Waals surface area contributed by atoms with Gasteiger partial charge in [0, 0.05) is 24.5 Å². The highest BCUT2D eigenvalue weighted by molar-refractivity contribution is 5.88. The molecule has 0 unspecified atom stereocenters. The summed E-state index contributed by atoms with van der Waals surface area (Å²) in [5, 5.41) is 4.71. The molecule has 0 fully saturated rings. The average Bonchev–Trinajstić information content (AvgIpc) is 2.55. The molecular formula is C15H15F3N4O3. The molecule has 7 nitrogen and oxygen atoms in total. The maximum atomic E-state index is 12.4. The number of anilines is 1. The van der Waals surface area contributed by atoms with Crippen LogP contribution in [0.4, 0.5) is 23.7 Å². The highest BCUT2D eigenvalue weighted by Gasteiger charge is 2.28. The normalized spacial score (nSPS) is 11.0. The fourth-order valence-electron chi connectivity index (χ4n) is 2.03. The lowest BCUT2D eigenvalue weighted by atomic mass is 10.2. The van der Waals surface area contributed by atoms with Crippen LogP contribution in [-0.2, 0) is 13.1 Å². The lowest BCUT2D eigenvalue weighted by Crippen LogP contribution is -2.34. The highest BCUT2D eigenvalue weighted by atomic mass is 19.4. The Bertz CT molecular complexity index is 805. The summed E-state index contributed by atoms with van der Waals surface area (Å²) < 4.78 is 42.8. The second-order valence-electron chi connectivity index (χ2n) is 4.95. The minimum absolute atomic E-state index is 0.0619. The molecule has 134 valence electrons. The first-order valence-corrected chi connectivity index (χ1v) is 7.09. The summed E-state index contributed by atoms with van der Waals surface area (Å²) in [7, 11) is 1.43. The van der Waals surface area contributed by atoms with E-state index in [1.54, 1.807) is 12.1 Å². The van der Waals surface area contributed by atoms with Crippen LogP contribution >= 0.6 is 0 Å². The van der Waals surface area contributed by atoms with Gasteiger partial charge in [-0.2, -0.15) is 13.2 Å². The molecule has 0 aliphatic carbocycles. The third-order valence-corrected chi connectivity index (χ3v) is 3.10. The number of aromatic nitrogens is 2. The lowest BCUT2D eigenvalue weighted by molar-refractivity contribution is -0.141. The predicted octanol–water partition coefficient (Wildman–Crippen LogP) is 2.14. The molecule has 10 heteroatoms. The van der Waals surface area contributed by atoms with Crippen molar-refractivity contribution in [2.75, 3.05) is 12.4 Å². The second kappa shape index (κ2) is 7.69. The Hall–Kier alpha value is -3.04. The fourth-order valence-corrected chi connectivity index (χ4v) is 2.03. The quantitative estimate of drug-likeness (QED) is 0.860. The minimum Gasteiger partial charge on any atom is -0.481 e. The highest BCUT2D eigenvalue weighted by Crippen LogP contribution is 2.16. The van der Waals surface area contributed by atoms with Crippen LogP contribution in [0, 0.1) is 0 Å². The van der Waals surface area contributed by atoms with E-state index in [4.69, 9.17) is 4.74 Å². The van der Waals surface area contributed by atoms with E-state index < -0.39 is 24.3 Å². The SMILES string of the molecule is COc1ncccc1CNC(=O)Nc1cccn(CC(F)(F)F)c1=O. The summed E-state index contributed by atoms with van der Waals surface area (Å²) in [4.78, 5) is 27.8. The van der Waals surface area contributed by atoms with Crippen molar-refractivity contribution in [3.8, 4) is 5.88 Å². The van der Waals surface area contributed by atoms with Gasteiger partial charge in [-0.25, -0.2) is 9.78 Å². The van der Waals surface area contributed by atoms with Crippen molar-refractivity contribution in [1.82, 2.24) is 14.9 Å². The summed E-state index contributed by atoms with van der Waals surface area (Å²) in [5.41, 5.74) is -0.612. The molecule has 2 amide bonds. The Labute approximate surface area is 140 Å². The van der Waals surface area contributed by atoms with E-state index in [1.807, 2.05) is 0 Å². The zero-order valence-electron chi connectivity index (χ0n) is 13.1. The molecule has 2 aromatic rings. The van der Waals surface area contributed by atoms with Crippen LogP contribution in [0.5, 0.6) is 5.88 Å². The molecule has 2 N–H and O–H groups in total. The number of nitrogens with one attached hydrogen (secondary N) is 2. The van der Waals surface area contributed by atoms with Gasteiger partial charge in [-0.1, -0.05) is 6.07 Å². The average molecular weight is 356 g/mol. The molecule has 0 saturated carbocycles. The standard InChI is InChI=1S/C15H15F3N4O3/c1-25-12-10(4-2-6-19-12)8-20-14(24)21-11-5-3-7-22(13(11)23)9-15(16,17)18/h2-7H,8-9H2,1H3,(H2,20,21,24). The number of nitrogens with zero attached hydrogens (tertiary/aromatic N) is 2. The number of urea groups is 1. The third kappa shape index (κ3) is 5.23. The Morgan fingerprint density at radius 1 is 1.32 bits per heavy atom. The molecule has 0 aliphatic rings. The molecule has 2 aromatic heterocycles. The monoisotopic (exact) mass is 356 g/mol. The fraction of sp³-hybridized carbons (Fsp3) is 0.267. The number of halogens is 3. The first kappa shape index (κ1) is 18.3. The maximum Gasteiger partial charge on any atom is 0.406 e. The van der Waals surface area contributed by atoms with Gasteiger partial charge in [-0.3, -0.25) is 4.79 Å². The van der Waals surface area contributed by atoms with E-state index in [1.165, 1.54) is 25.4 Å². The molecule has 0 bridgehead atoms. The number of pyridine rings is 2. The van der Waals surface area contributed by atoms with Crippen LogP contribution in [-0.4, -0.2) is 28.9 Å². The Kier molecular flexibility index (Phi) is 5.63. The number of carbonyl (C=O) groups is 1. The number of hydrogen-bond donors (Lipinski definition) is 2. The first-order chi connectivity index (χ1) is 11.8. The van der Waals surface area contributed by atoms with Gasteiger partial charge in [0.2, 0.25) is 5.88 Å². The van der Waals surface area contributed by atoms with Gasteiger partial charge in [0.1, 0.15) is 12.2 Å². The molecule has 2 heterocycles. The third-order valence-electron chi connectivity index (χ3n) is 3.10. The number of carbonyl (C=O) groups excluding carboxylic acids is 1. The largest absolute Gasteiger partial charge is 0.481 e. The zero-order chi connectivity index (χ0) is 18.4. The van der Waals surface area contributed by atoms with E-state index in [0.717, 1.165) is 6.20 Å². The molecule has 0 atom stereocenters. The molecule has 0 aliphatic heterocycles. The molecule has 0 radical (unpaired) electrons. The van der Waals surface area contributed by atoms with Crippen LogP contribution in [0.15, 0.2) is 41.5 Å². The van der Waals surface area contributed by atoms with E-state index >= 15 is 0 Å². The topological polar surface area (TPSA) is 85.2 Å². The van der Waals surface area contributed by atoms with Crippen LogP contribution in [0.1, 0.15) is 5.56 Å². The van der Waals surface area contributed by atoms with E-state index in [2.05, 4.69) is 15.6 Å². The number of ether oxygens (including phenoxy) is 1. The summed E-state index contributed by atoms with van der Waals surface area (Å²) in [5.74, 6) is 0.329. The molecular weight excluding hydrogens is 341 g/mol. The van der Waals surface area contributed by atoms with Crippen molar-refractivity contribution in [2.24, 2.45) is 0 Å². The number of alkyl halides is 3. The van der Waals surface area contributed by atoms with Gasteiger partial charge in [0.25, 0.3) is 5.56 Å². The Morgan fingerprint density at radius 3 is 2.76 bits per heavy atom. The maximum absolute atomic E-state index is 12.4. The van der Waals surface area contributed by atoms with Gasteiger partial charge >= 0.3 is 12.2 Å². The summed E-state index contributed by atoms with van der Waals surface area (Å²) in [6.45, 7) is -1.37. The van der Waals surface area contributed by atoms with Crippen molar-refractivity contribution in [3.05, 3.63) is 52.6 Å². The van der Waals surface area contributed by atoms with Gasteiger partial charge in [-0.05, 0) is 18.2 Å². The van der Waals surface area contributed by atoms with Gasteiger partial charge in [0.15, 0.2) is 0 Å². The van der Waals surface area contributed by atoms with Gasteiger partial charge in [-0.15, -0.1) is 0 Å². The Balaban J connectivity index is 2.03. The van der Waals surface area contributed by atoms with Crippen molar-refractivity contribution < 1.29 is 22.7 Å². The molecule has 0 aromatic carbocycles. The van der Waals surface area contributed by atoms with Crippen LogP contribution in [0.25, 0.3) is 0 Å². The molecule has 0 saturated heterocycles. The summed E-state index contributed by atoms with van der Waals surface area (Å²) >= 11 is 0. The van der Waals surface area contributed by atoms with Crippen LogP contribution < -0.4 is 20.9 Å². The van der Waals surface area contributed by atoms with Crippen molar-refractivity contribution >= 4 is 11.7 Å². The molecule has 0 spiro atoms. The first-order valence-electron chi connectivity index (χ1n) is 7.09. The number of amides is 2. The van der Waals surface area contributed by atoms with Gasteiger partial charge in [0.05, 0.1) is 7.11 Å². The zero-order valence-corrected chi connectivity index (χ0v) is 13.1. The molecule has 2 rings (SSSR count). The summed E-state index contributed by atoms with van der Waals surface area (Å²) in [6, 6.07) is 5.06. The van der Waals surface area contributed by atoms with Crippen LogP contribution in [0.3, 0.4) is 0 Å². The van der Waals surface area contributed by atoms with Crippen molar-refractivity contribution in [1.29, 1.82) is 0 Å². The van der Waals surface area contributed by atoms with E-state index in [9.17, 15) is 22.8 Å². The predicted molar refractivity (Wildman–Crippen MR) is 83.4 cm³/mol. The second-order valence-corrected chi connectivity index (χ2v) is 4.95. The van der Waals surface area contributed by atoms with Crippen molar-refractivity contribution in [2.45, 2.75) is 19.3 Å². The Morgan fingerprint density at radius 2 is 2.08 bits per heavy atom.